The van der Waals surface area contributed by atoms with Gasteiger partial charge in [-0.2, -0.15) is 13.2 Å². The minimum absolute atomic E-state index is 0.0852. The summed E-state index contributed by atoms with van der Waals surface area (Å²) in [5, 5.41) is 0. The summed E-state index contributed by atoms with van der Waals surface area (Å²) in [6.45, 7) is 3.12. The van der Waals surface area contributed by atoms with E-state index in [0.29, 0.717) is 23.8 Å². The Morgan fingerprint density at radius 3 is 2.41 bits per heavy atom. The van der Waals surface area contributed by atoms with Crippen molar-refractivity contribution in [2.45, 2.75) is 31.3 Å². The molecule has 0 aliphatic carbocycles. The van der Waals surface area contributed by atoms with Crippen LogP contribution in [0.1, 0.15) is 23.1 Å². The first-order chi connectivity index (χ1) is 13.4. The van der Waals surface area contributed by atoms with Crippen molar-refractivity contribution in [2.75, 3.05) is 12.0 Å². The molecule has 0 heterocycles. The Morgan fingerprint density at radius 2 is 1.76 bits per heavy atom. The van der Waals surface area contributed by atoms with E-state index in [1.807, 2.05) is 5.43 Å². The number of carbonyl (C=O) groups is 1. The summed E-state index contributed by atoms with van der Waals surface area (Å²) < 4.78 is 78.5. The Bertz CT molecular complexity index is 1010. The molecule has 3 N–H and O–H groups in total. The molecule has 0 fully saturated rings. The molecule has 0 spiro atoms. The highest BCUT2D eigenvalue weighted by Crippen LogP contribution is 2.31. The maximum Gasteiger partial charge on any atom is 0.416 e. The van der Waals surface area contributed by atoms with Crippen LogP contribution < -0.4 is 15.6 Å². The second-order valence-electron chi connectivity index (χ2n) is 6.28. The van der Waals surface area contributed by atoms with Crippen LogP contribution in [0.25, 0.3) is 0 Å². The van der Waals surface area contributed by atoms with E-state index in [4.69, 9.17) is 0 Å². The smallest absolute Gasteiger partial charge is 0.296 e. The number of hydrogen-bond donors (Lipinski definition) is 3. The number of hydrogen-bond acceptors (Lipinski definition) is 4. The number of hydrazine groups is 1. The molecule has 2 aromatic rings. The van der Waals surface area contributed by atoms with Crippen LogP contribution in [0.3, 0.4) is 0 Å². The van der Waals surface area contributed by atoms with Gasteiger partial charge in [-0.05, 0) is 49.2 Å². The fourth-order valence-electron chi connectivity index (χ4n) is 2.37. The summed E-state index contributed by atoms with van der Waals surface area (Å²) >= 11 is 0. The molecule has 0 unspecified atom stereocenters. The molecule has 0 aromatic heterocycles. The van der Waals surface area contributed by atoms with Crippen LogP contribution in [-0.4, -0.2) is 20.9 Å². The molecule has 29 heavy (non-hydrogen) atoms. The lowest BCUT2D eigenvalue weighted by Crippen LogP contribution is -2.34. The standard InChI is InChI=1S/C18H19F4N3O3S/c1-11-3-4-12(2)16(9-11)29(27,28)23-8-7-17(26)25-24-15-10-13(18(20,21)22)5-6-14(15)19/h3-6,9-10,23-24H,7-8H2,1-2H3,(H,25,26). The Kier molecular flexibility index (Phi) is 6.85. The average molecular weight is 433 g/mol. The zero-order valence-corrected chi connectivity index (χ0v) is 16.3. The lowest BCUT2D eigenvalue weighted by Gasteiger charge is -2.13. The number of anilines is 1. The highest BCUT2D eigenvalue weighted by atomic mass is 32.2. The highest BCUT2D eigenvalue weighted by molar-refractivity contribution is 7.89. The van der Waals surface area contributed by atoms with E-state index in [1.54, 1.807) is 26.0 Å². The van der Waals surface area contributed by atoms with E-state index in [2.05, 4.69) is 10.1 Å². The van der Waals surface area contributed by atoms with E-state index in [1.165, 1.54) is 6.07 Å². The van der Waals surface area contributed by atoms with Crippen molar-refractivity contribution in [3.8, 4) is 0 Å². The largest absolute Gasteiger partial charge is 0.416 e. The van der Waals surface area contributed by atoms with Crippen LogP contribution in [0.15, 0.2) is 41.3 Å². The third-order valence-electron chi connectivity index (χ3n) is 3.91. The summed E-state index contributed by atoms with van der Waals surface area (Å²) in [6, 6.07) is 6.62. The average Bonchev–Trinajstić information content (AvgIpc) is 2.61. The third-order valence-corrected chi connectivity index (χ3v) is 5.51. The molecule has 0 aliphatic rings. The second-order valence-corrected chi connectivity index (χ2v) is 8.02. The molecule has 0 aliphatic heterocycles. The Labute approximate surface area is 165 Å². The minimum atomic E-state index is -4.67. The van der Waals surface area contributed by atoms with Crippen LogP contribution in [0.5, 0.6) is 0 Å². The van der Waals surface area contributed by atoms with Gasteiger partial charge in [0.2, 0.25) is 15.9 Å². The van der Waals surface area contributed by atoms with Crippen molar-refractivity contribution in [3.63, 3.8) is 0 Å². The normalized spacial score (nSPS) is 11.9. The van der Waals surface area contributed by atoms with Gasteiger partial charge < -0.3 is 0 Å². The monoisotopic (exact) mass is 433 g/mol. The lowest BCUT2D eigenvalue weighted by molar-refractivity contribution is -0.137. The Morgan fingerprint density at radius 1 is 1.07 bits per heavy atom. The van der Waals surface area contributed by atoms with Crippen molar-refractivity contribution in [1.82, 2.24) is 10.1 Å². The lowest BCUT2D eigenvalue weighted by atomic mass is 10.2. The fourth-order valence-corrected chi connectivity index (χ4v) is 3.73. The van der Waals surface area contributed by atoms with Crippen LogP contribution in [0, 0.1) is 19.7 Å². The third kappa shape index (κ3) is 6.16. The topological polar surface area (TPSA) is 87.3 Å². The molecular formula is C18H19F4N3O3S. The number of amides is 1. The van der Waals surface area contributed by atoms with E-state index in [0.717, 1.165) is 5.56 Å². The Hall–Kier alpha value is -2.66. The number of benzene rings is 2. The van der Waals surface area contributed by atoms with Gasteiger partial charge in [-0.3, -0.25) is 15.6 Å². The van der Waals surface area contributed by atoms with Crippen molar-refractivity contribution >= 4 is 21.6 Å². The van der Waals surface area contributed by atoms with E-state index < -0.39 is 39.2 Å². The fraction of sp³-hybridized carbons (Fsp3) is 0.278. The molecule has 158 valence electrons. The van der Waals surface area contributed by atoms with Gasteiger partial charge in [-0.1, -0.05) is 12.1 Å². The molecule has 1 amide bonds. The highest BCUT2D eigenvalue weighted by Gasteiger charge is 2.31. The van der Waals surface area contributed by atoms with Gasteiger partial charge in [-0.15, -0.1) is 0 Å². The van der Waals surface area contributed by atoms with Crippen LogP contribution >= 0.6 is 0 Å². The van der Waals surface area contributed by atoms with Crippen molar-refractivity contribution in [1.29, 1.82) is 0 Å². The van der Waals surface area contributed by atoms with Crippen molar-refractivity contribution < 1.29 is 30.8 Å². The number of rotatable bonds is 7. The summed E-state index contributed by atoms with van der Waals surface area (Å²) in [4.78, 5) is 11.9. The summed E-state index contributed by atoms with van der Waals surface area (Å²) in [6.07, 6.45) is -4.99. The van der Waals surface area contributed by atoms with E-state index in [9.17, 15) is 30.8 Å². The predicted molar refractivity (Wildman–Crippen MR) is 98.9 cm³/mol. The maximum atomic E-state index is 13.6. The van der Waals surface area contributed by atoms with Gasteiger partial charge in [0.05, 0.1) is 16.1 Å². The first-order valence-electron chi connectivity index (χ1n) is 8.38. The molecule has 2 aromatic carbocycles. The first kappa shape index (κ1) is 22.6. The van der Waals surface area contributed by atoms with Crippen molar-refractivity contribution in [2.24, 2.45) is 0 Å². The van der Waals surface area contributed by atoms with Crippen LogP contribution in [0.2, 0.25) is 0 Å². The van der Waals surface area contributed by atoms with Gasteiger partial charge in [0, 0.05) is 13.0 Å². The number of carbonyl (C=O) groups excluding carboxylic acids is 1. The number of sulfonamides is 1. The summed E-state index contributed by atoms with van der Waals surface area (Å²) in [5.41, 5.74) is 3.74. The van der Waals surface area contributed by atoms with E-state index in [-0.39, 0.29) is 17.9 Å². The summed E-state index contributed by atoms with van der Waals surface area (Å²) in [5.74, 6) is -1.74. The number of nitrogens with one attached hydrogen (secondary N) is 3. The van der Waals surface area contributed by atoms with Crippen molar-refractivity contribution in [3.05, 3.63) is 58.9 Å². The predicted octanol–water partition coefficient (Wildman–Crippen LogP) is 3.27. The Balaban J connectivity index is 1.92. The minimum Gasteiger partial charge on any atom is -0.296 e. The second kappa shape index (κ2) is 8.78. The van der Waals surface area contributed by atoms with Gasteiger partial charge in [-0.25, -0.2) is 17.5 Å². The van der Waals surface area contributed by atoms with E-state index >= 15 is 0 Å². The molecule has 0 bridgehead atoms. The van der Waals surface area contributed by atoms with Gasteiger partial charge >= 0.3 is 6.18 Å². The van der Waals surface area contributed by atoms with Crippen LogP contribution in [-0.2, 0) is 21.0 Å². The van der Waals surface area contributed by atoms with Gasteiger partial charge in [0.1, 0.15) is 5.82 Å². The van der Waals surface area contributed by atoms with Crippen LogP contribution in [0.4, 0.5) is 23.2 Å². The maximum absolute atomic E-state index is 13.6. The molecule has 0 saturated carbocycles. The molecule has 0 atom stereocenters. The quantitative estimate of drug-likeness (QED) is 0.462. The molecule has 11 heteroatoms. The SMILES string of the molecule is Cc1ccc(C)c(S(=O)(=O)NCCC(=O)NNc2cc(C(F)(F)F)ccc2F)c1. The zero-order valence-electron chi connectivity index (χ0n) is 15.5. The van der Waals surface area contributed by atoms with Gasteiger partial charge in [0.25, 0.3) is 0 Å². The molecule has 2 rings (SSSR count). The molecular weight excluding hydrogens is 414 g/mol. The molecule has 0 saturated heterocycles. The first-order valence-corrected chi connectivity index (χ1v) is 9.87. The van der Waals surface area contributed by atoms with Gasteiger partial charge in [0.15, 0.2) is 0 Å². The molecule has 6 nitrogen and oxygen atoms in total. The zero-order chi connectivity index (χ0) is 21.8. The summed E-state index contributed by atoms with van der Waals surface area (Å²) in [7, 11) is -3.84. The number of aryl methyl sites for hydroxylation is 2. The number of alkyl halides is 3. The molecule has 0 radical (unpaired) electrons. The number of halogens is 4.